The highest BCUT2D eigenvalue weighted by molar-refractivity contribution is 5.67. The van der Waals surface area contributed by atoms with Gasteiger partial charge in [-0.05, 0) is 25.7 Å². The number of carbonyl (C=O) groups is 1. The number of carbonyl (C=O) groups excluding carboxylic acids is 1. The highest BCUT2D eigenvalue weighted by atomic mass is 19.3. The molecule has 0 aliphatic carbocycles. The summed E-state index contributed by atoms with van der Waals surface area (Å²) in [5.74, 6) is -0.203. The van der Waals surface area contributed by atoms with Crippen LogP contribution in [0, 0.1) is 5.92 Å². The van der Waals surface area contributed by atoms with E-state index in [1.54, 1.807) is 6.92 Å². The lowest BCUT2D eigenvalue weighted by molar-refractivity contribution is 0.0549. The summed E-state index contributed by atoms with van der Waals surface area (Å²) in [4.78, 5) is 12.9. The fourth-order valence-corrected chi connectivity index (χ4v) is 1.89. The van der Waals surface area contributed by atoms with Gasteiger partial charge in [0.05, 0.1) is 12.6 Å². The van der Waals surface area contributed by atoms with Gasteiger partial charge in [0, 0.05) is 13.1 Å². The highest BCUT2D eigenvalue weighted by Gasteiger charge is 2.31. The fourth-order valence-electron chi connectivity index (χ4n) is 1.89. The molecule has 6 heteroatoms. The van der Waals surface area contributed by atoms with E-state index >= 15 is 0 Å². The van der Waals surface area contributed by atoms with Gasteiger partial charge in [0.15, 0.2) is 0 Å². The smallest absolute Gasteiger partial charge is 0.409 e. The summed E-state index contributed by atoms with van der Waals surface area (Å²) in [6, 6.07) is -1.08. The monoisotopic (exact) mass is 236 g/mol. The lowest BCUT2D eigenvalue weighted by atomic mass is 9.90. The molecule has 0 aromatic rings. The molecule has 1 saturated heterocycles. The summed E-state index contributed by atoms with van der Waals surface area (Å²) in [5.41, 5.74) is 5.39. The third-order valence-corrected chi connectivity index (χ3v) is 2.90. The quantitative estimate of drug-likeness (QED) is 0.806. The van der Waals surface area contributed by atoms with Crippen molar-refractivity contribution < 1.29 is 18.3 Å². The lowest BCUT2D eigenvalue weighted by Gasteiger charge is -2.33. The minimum atomic E-state index is -2.49. The third-order valence-electron chi connectivity index (χ3n) is 2.90. The largest absolute Gasteiger partial charge is 0.450 e. The van der Waals surface area contributed by atoms with Crippen LogP contribution < -0.4 is 5.73 Å². The van der Waals surface area contributed by atoms with Crippen LogP contribution in [0.15, 0.2) is 0 Å². The van der Waals surface area contributed by atoms with Gasteiger partial charge in [-0.25, -0.2) is 13.6 Å². The van der Waals surface area contributed by atoms with Crippen LogP contribution in [0.1, 0.15) is 19.8 Å². The van der Waals surface area contributed by atoms with Crippen molar-refractivity contribution in [3.05, 3.63) is 0 Å². The predicted octanol–water partition coefficient (Wildman–Crippen LogP) is 1.45. The number of alkyl halides is 2. The molecule has 1 fully saturated rings. The summed E-state index contributed by atoms with van der Waals surface area (Å²) in [5, 5.41) is 0. The maximum Gasteiger partial charge on any atom is 0.409 e. The normalized spacial score (nSPS) is 19.9. The minimum Gasteiger partial charge on any atom is -0.450 e. The zero-order valence-corrected chi connectivity index (χ0v) is 9.36. The number of likely N-dealkylation sites (tertiary alicyclic amines) is 1. The van der Waals surface area contributed by atoms with E-state index in [9.17, 15) is 13.6 Å². The second-order valence-corrected chi connectivity index (χ2v) is 3.94. The van der Waals surface area contributed by atoms with Gasteiger partial charge in [-0.15, -0.1) is 0 Å². The second kappa shape index (κ2) is 5.98. The Morgan fingerprint density at radius 3 is 2.50 bits per heavy atom. The Morgan fingerprint density at radius 1 is 1.50 bits per heavy atom. The average molecular weight is 236 g/mol. The molecule has 0 bridgehead atoms. The number of nitrogens with two attached hydrogens (primary N) is 1. The van der Waals surface area contributed by atoms with E-state index in [4.69, 9.17) is 10.5 Å². The highest BCUT2D eigenvalue weighted by Crippen LogP contribution is 2.23. The molecular formula is C10H18F2N2O2. The Morgan fingerprint density at radius 2 is 2.06 bits per heavy atom. The van der Waals surface area contributed by atoms with Crippen molar-refractivity contribution in [1.82, 2.24) is 4.90 Å². The number of ether oxygens (including phenoxy) is 1. The van der Waals surface area contributed by atoms with Crippen LogP contribution in [0.25, 0.3) is 0 Å². The van der Waals surface area contributed by atoms with Gasteiger partial charge in [-0.2, -0.15) is 0 Å². The molecule has 0 saturated carbocycles. The molecule has 2 N–H and O–H groups in total. The third kappa shape index (κ3) is 3.30. The fraction of sp³-hybridized carbons (Fsp3) is 0.900. The van der Waals surface area contributed by atoms with Gasteiger partial charge in [0.2, 0.25) is 0 Å². The first-order valence-electron chi connectivity index (χ1n) is 5.51. The topological polar surface area (TPSA) is 55.6 Å². The van der Waals surface area contributed by atoms with E-state index in [1.165, 1.54) is 4.90 Å². The van der Waals surface area contributed by atoms with Crippen LogP contribution >= 0.6 is 0 Å². The van der Waals surface area contributed by atoms with Crippen LogP contribution in [0.4, 0.5) is 13.6 Å². The van der Waals surface area contributed by atoms with Gasteiger partial charge >= 0.3 is 6.09 Å². The first-order chi connectivity index (χ1) is 7.56. The summed E-state index contributed by atoms with van der Waals surface area (Å²) in [6.07, 6.45) is -1.82. The zero-order valence-electron chi connectivity index (χ0n) is 9.36. The molecule has 0 spiro atoms. The van der Waals surface area contributed by atoms with Crippen LogP contribution in [-0.4, -0.2) is 43.2 Å². The van der Waals surface area contributed by atoms with E-state index < -0.39 is 12.5 Å². The van der Waals surface area contributed by atoms with E-state index in [1.807, 2.05) is 0 Å². The summed E-state index contributed by atoms with van der Waals surface area (Å²) < 4.78 is 29.6. The average Bonchev–Trinajstić information content (AvgIpc) is 2.28. The molecule has 1 aliphatic heterocycles. The van der Waals surface area contributed by atoms with E-state index in [2.05, 4.69) is 0 Å². The molecule has 0 aromatic heterocycles. The molecule has 94 valence electrons. The Hall–Kier alpha value is -0.910. The number of nitrogens with zero attached hydrogens (tertiary/aromatic N) is 1. The van der Waals surface area contributed by atoms with E-state index in [-0.39, 0.29) is 12.0 Å². The molecule has 4 nitrogen and oxygen atoms in total. The van der Waals surface area contributed by atoms with E-state index in [0.717, 1.165) is 0 Å². The number of hydrogen-bond acceptors (Lipinski definition) is 3. The van der Waals surface area contributed by atoms with Gasteiger partial charge in [0.1, 0.15) is 0 Å². The van der Waals surface area contributed by atoms with Crippen LogP contribution in [0.2, 0.25) is 0 Å². The summed E-state index contributed by atoms with van der Waals surface area (Å²) in [6.45, 7) is 2.96. The summed E-state index contributed by atoms with van der Waals surface area (Å²) >= 11 is 0. The number of hydrogen-bond donors (Lipinski definition) is 1. The number of halogens is 2. The molecule has 1 rings (SSSR count). The molecule has 1 heterocycles. The molecule has 1 amide bonds. The minimum absolute atomic E-state index is 0.203. The molecule has 1 atom stereocenters. The van der Waals surface area contributed by atoms with Crippen molar-refractivity contribution in [2.75, 3.05) is 19.7 Å². The zero-order chi connectivity index (χ0) is 12.1. The molecule has 16 heavy (non-hydrogen) atoms. The Kier molecular flexibility index (Phi) is 4.92. The van der Waals surface area contributed by atoms with Crippen molar-refractivity contribution in [2.45, 2.75) is 32.2 Å². The predicted molar refractivity (Wildman–Crippen MR) is 55.3 cm³/mol. The van der Waals surface area contributed by atoms with Crippen LogP contribution in [0.3, 0.4) is 0 Å². The van der Waals surface area contributed by atoms with Crippen LogP contribution in [0.5, 0.6) is 0 Å². The number of rotatable bonds is 3. The van der Waals surface area contributed by atoms with E-state index in [0.29, 0.717) is 32.5 Å². The maximum absolute atomic E-state index is 12.4. The van der Waals surface area contributed by atoms with Gasteiger partial charge in [-0.3, -0.25) is 0 Å². The van der Waals surface area contributed by atoms with Gasteiger partial charge < -0.3 is 15.4 Å². The SMILES string of the molecule is CCOC(=O)N1CCC(C(N)C(F)F)CC1. The molecule has 0 aromatic carbocycles. The Bertz CT molecular complexity index is 231. The molecule has 1 unspecified atom stereocenters. The van der Waals surface area contributed by atoms with Crippen molar-refractivity contribution >= 4 is 6.09 Å². The first kappa shape index (κ1) is 13.2. The molecule has 0 radical (unpaired) electrons. The standard InChI is InChI=1S/C10H18F2N2O2/c1-2-16-10(15)14-5-3-7(4-6-14)8(13)9(11)12/h7-9H,2-6,13H2,1H3. The van der Waals surface area contributed by atoms with Crippen LogP contribution in [-0.2, 0) is 4.74 Å². The second-order valence-electron chi connectivity index (χ2n) is 3.94. The number of piperidine rings is 1. The Balaban J connectivity index is 2.36. The maximum atomic E-state index is 12.4. The first-order valence-corrected chi connectivity index (χ1v) is 5.51. The van der Waals surface area contributed by atoms with Gasteiger partial charge in [-0.1, -0.05) is 0 Å². The molecule has 1 aliphatic rings. The van der Waals surface area contributed by atoms with Crippen molar-refractivity contribution in [2.24, 2.45) is 11.7 Å². The van der Waals surface area contributed by atoms with Gasteiger partial charge in [0.25, 0.3) is 6.43 Å². The lowest BCUT2D eigenvalue weighted by Crippen LogP contribution is -2.46. The van der Waals surface area contributed by atoms with Crippen molar-refractivity contribution in [3.63, 3.8) is 0 Å². The van der Waals surface area contributed by atoms with Crippen molar-refractivity contribution in [3.8, 4) is 0 Å². The number of amides is 1. The molecular weight excluding hydrogens is 218 g/mol. The van der Waals surface area contributed by atoms with Crippen molar-refractivity contribution in [1.29, 1.82) is 0 Å². The summed E-state index contributed by atoms with van der Waals surface area (Å²) in [7, 11) is 0. The Labute approximate surface area is 93.7 Å².